The highest BCUT2D eigenvalue weighted by Gasteiger charge is 1.91. The lowest BCUT2D eigenvalue weighted by Crippen LogP contribution is -1.86. The predicted octanol–water partition coefficient (Wildman–Crippen LogP) is 1.35. The second kappa shape index (κ2) is 3.80. The van der Waals surface area contributed by atoms with Crippen molar-refractivity contribution < 1.29 is 5.11 Å². The maximum Gasteiger partial charge on any atom is 0.0681 e. The second-order valence-electron chi connectivity index (χ2n) is 2.36. The Bertz CT molecular complexity index is 270. The molecule has 0 radical (unpaired) electrons. The van der Waals surface area contributed by atoms with Gasteiger partial charge in [0, 0.05) is 6.42 Å². The molecule has 0 aliphatic rings. The average molecular weight is 146 g/mol. The van der Waals surface area contributed by atoms with Crippen LogP contribution in [0.3, 0.4) is 0 Å². The molecule has 0 amide bonds. The summed E-state index contributed by atoms with van der Waals surface area (Å²) in [5.41, 5.74) is 2.00. The van der Waals surface area contributed by atoms with Gasteiger partial charge >= 0.3 is 0 Å². The summed E-state index contributed by atoms with van der Waals surface area (Å²) in [7, 11) is 0. The van der Waals surface area contributed by atoms with E-state index < -0.39 is 0 Å². The Morgan fingerprint density at radius 3 is 2.73 bits per heavy atom. The van der Waals surface area contributed by atoms with Crippen molar-refractivity contribution in [1.82, 2.24) is 0 Å². The molecule has 1 aromatic carbocycles. The van der Waals surface area contributed by atoms with E-state index >= 15 is 0 Å². The Hall–Kier alpha value is -1.26. The van der Waals surface area contributed by atoms with Crippen LogP contribution in [-0.2, 0) is 13.0 Å². The van der Waals surface area contributed by atoms with Crippen molar-refractivity contribution in [1.29, 1.82) is 0 Å². The van der Waals surface area contributed by atoms with Crippen LogP contribution in [0.15, 0.2) is 24.3 Å². The largest absolute Gasteiger partial charge is 0.392 e. The monoisotopic (exact) mass is 146 g/mol. The molecule has 0 aromatic heterocycles. The summed E-state index contributed by atoms with van der Waals surface area (Å²) in [5.74, 6) is 2.55. The van der Waals surface area contributed by atoms with Gasteiger partial charge in [0.1, 0.15) is 0 Å². The highest BCUT2D eigenvalue weighted by molar-refractivity contribution is 5.25. The van der Waals surface area contributed by atoms with E-state index in [0.29, 0.717) is 6.42 Å². The minimum absolute atomic E-state index is 0.0818. The first-order chi connectivity index (χ1) is 5.36. The average Bonchev–Trinajstić information content (AvgIpc) is 2.06. The Kier molecular flexibility index (Phi) is 2.71. The van der Waals surface area contributed by atoms with E-state index in [1.807, 2.05) is 24.3 Å². The van der Waals surface area contributed by atoms with E-state index in [-0.39, 0.29) is 6.61 Å². The minimum Gasteiger partial charge on any atom is -0.392 e. The summed E-state index contributed by atoms with van der Waals surface area (Å²) in [6.07, 6.45) is 5.77. The zero-order valence-corrected chi connectivity index (χ0v) is 6.25. The van der Waals surface area contributed by atoms with Crippen LogP contribution in [0.5, 0.6) is 0 Å². The Morgan fingerprint density at radius 1 is 1.36 bits per heavy atom. The summed E-state index contributed by atoms with van der Waals surface area (Å²) in [4.78, 5) is 0. The molecule has 0 spiro atoms. The topological polar surface area (TPSA) is 20.2 Å². The fraction of sp³-hybridized carbons (Fsp3) is 0.200. The van der Waals surface area contributed by atoms with E-state index in [4.69, 9.17) is 11.5 Å². The molecule has 56 valence electrons. The lowest BCUT2D eigenvalue weighted by atomic mass is 10.1. The van der Waals surface area contributed by atoms with Gasteiger partial charge in [-0.2, -0.15) is 0 Å². The first-order valence-electron chi connectivity index (χ1n) is 3.49. The van der Waals surface area contributed by atoms with Gasteiger partial charge in [0.05, 0.1) is 6.61 Å². The smallest absolute Gasteiger partial charge is 0.0681 e. The number of hydrogen-bond donors (Lipinski definition) is 1. The van der Waals surface area contributed by atoms with Crippen LogP contribution in [0.1, 0.15) is 11.1 Å². The van der Waals surface area contributed by atoms with Gasteiger partial charge in [0.2, 0.25) is 0 Å². The summed E-state index contributed by atoms with van der Waals surface area (Å²) >= 11 is 0. The summed E-state index contributed by atoms with van der Waals surface area (Å²) in [6, 6.07) is 7.65. The van der Waals surface area contributed by atoms with Crippen LogP contribution in [0.4, 0.5) is 0 Å². The van der Waals surface area contributed by atoms with Crippen LogP contribution in [0.2, 0.25) is 0 Å². The molecule has 11 heavy (non-hydrogen) atoms. The fourth-order valence-corrected chi connectivity index (χ4v) is 0.956. The van der Waals surface area contributed by atoms with Crippen LogP contribution in [0, 0.1) is 12.3 Å². The third kappa shape index (κ3) is 2.10. The molecule has 0 saturated heterocycles. The van der Waals surface area contributed by atoms with E-state index in [1.165, 1.54) is 0 Å². The Labute approximate surface area is 66.7 Å². The first-order valence-corrected chi connectivity index (χ1v) is 3.49. The van der Waals surface area contributed by atoms with Crippen LogP contribution < -0.4 is 0 Å². The van der Waals surface area contributed by atoms with Gasteiger partial charge in [-0.25, -0.2) is 0 Å². The normalized spacial score (nSPS) is 9.09. The molecule has 0 heterocycles. The van der Waals surface area contributed by atoms with Crippen LogP contribution in [0.25, 0.3) is 0 Å². The maximum absolute atomic E-state index is 8.78. The molecule has 0 unspecified atom stereocenters. The van der Waals surface area contributed by atoms with Gasteiger partial charge in [-0.15, -0.1) is 12.3 Å². The molecule has 1 N–H and O–H groups in total. The lowest BCUT2D eigenvalue weighted by molar-refractivity contribution is 0.282. The number of rotatable bonds is 2. The molecule has 0 aliphatic heterocycles. The van der Waals surface area contributed by atoms with Crippen molar-refractivity contribution in [2.24, 2.45) is 0 Å². The third-order valence-electron chi connectivity index (χ3n) is 1.48. The first kappa shape index (κ1) is 7.84. The molecule has 0 fully saturated rings. The molecule has 1 nitrogen and oxygen atoms in total. The van der Waals surface area contributed by atoms with Gasteiger partial charge < -0.3 is 5.11 Å². The van der Waals surface area contributed by atoms with E-state index in [2.05, 4.69) is 5.92 Å². The highest BCUT2D eigenvalue weighted by Crippen LogP contribution is 2.04. The second-order valence-corrected chi connectivity index (χ2v) is 2.36. The number of aliphatic hydroxyl groups is 1. The molecule has 0 bridgehead atoms. The molecule has 1 rings (SSSR count). The number of benzene rings is 1. The van der Waals surface area contributed by atoms with Crippen molar-refractivity contribution in [2.75, 3.05) is 0 Å². The molecule has 0 atom stereocenters. The van der Waals surface area contributed by atoms with E-state index in [9.17, 15) is 0 Å². The van der Waals surface area contributed by atoms with Gasteiger partial charge in [-0.1, -0.05) is 24.3 Å². The quantitative estimate of drug-likeness (QED) is 0.624. The summed E-state index contributed by atoms with van der Waals surface area (Å²) in [5, 5.41) is 8.78. The predicted molar refractivity (Wildman–Crippen MR) is 44.9 cm³/mol. The highest BCUT2D eigenvalue weighted by atomic mass is 16.3. The summed E-state index contributed by atoms with van der Waals surface area (Å²) < 4.78 is 0. The zero-order chi connectivity index (χ0) is 8.10. The van der Waals surface area contributed by atoms with Gasteiger partial charge in [-0.3, -0.25) is 0 Å². The standard InChI is InChI=1S/C10H10O/c1-2-4-9-5-3-6-10(7-9)8-11/h1,3,5-7,11H,4,8H2. The molecular formula is C10H10O. The Morgan fingerprint density at radius 2 is 2.09 bits per heavy atom. The molecule has 1 aromatic rings. The van der Waals surface area contributed by atoms with E-state index in [0.717, 1.165) is 11.1 Å². The van der Waals surface area contributed by atoms with Crippen LogP contribution >= 0.6 is 0 Å². The number of terminal acetylenes is 1. The van der Waals surface area contributed by atoms with E-state index in [1.54, 1.807) is 0 Å². The van der Waals surface area contributed by atoms with Crippen molar-refractivity contribution >= 4 is 0 Å². The molecular weight excluding hydrogens is 136 g/mol. The summed E-state index contributed by atoms with van der Waals surface area (Å²) in [6.45, 7) is 0.0818. The number of hydrogen-bond acceptors (Lipinski definition) is 1. The Balaban J connectivity index is 2.84. The fourth-order valence-electron chi connectivity index (χ4n) is 0.956. The SMILES string of the molecule is C#CCc1cccc(CO)c1. The molecule has 1 heteroatoms. The van der Waals surface area contributed by atoms with Crippen LogP contribution in [-0.4, -0.2) is 5.11 Å². The van der Waals surface area contributed by atoms with Crippen molar-refractivity contribution in [3.8, 4) is 12.3 Å². The zero-order valence-electron chi connectivity index (χ0n) is 6.25. The van der Waals surface area contributed by atoms with Gasteiger partial charge in [0.15, 0.2) is 0 Å². The van der Waals surface area contributed by atoms with Gasteiger partial charge in [-0.05, 0) is 11.1 Å². The van der Waals surface area contributed by atoms with Crippen molar-refractivity contribution in [2.45, 2.75) is 13.0 Å². The minimum atomic E-state index is 0.0818. The number of aliphatic hydroxyl groups excluding tert-OH is 1. The maximum atomic E-state index is 8.78. The third-order valence-corrected chi connectivity index (χ3v) is 1.48. The van der Waals surface area contributed by atoms with Crippen molar-refractivity contribution in [3.63, 3.8) is 0 Å². The lowest BCUT2D eigenvalue weighted by Gasteiger charge is -1.97. The molecule has 0 aliphatic carbocycles. The van der Waals surface area contributed by atoms with Gasteiger partial charge in [0.25, 0.3) is 0 Å². The molecule has 0 saturated carbocycles. The van der Waals surface area contributed by atoms with Crippen molar-refractivity contribution in [3.05, 3.63) is 35.4 Å².